The van der Waals surface area contributed by atoms with Crippen LogP contribution in [-0.2, 0) is 4.43 Å². The monoisotopic (exact) mass is 220 g/mol. The van der Waals surface area contributed by atoms with E-state index in [0.29, 0.717) is 5.56 Å². The molecule has 1 rings (SSSR count). The van der Waals surface area contributed by atoms with Gasteiger partial charge in [0.15, 0.2) is 0 Å². The van der Waals surface area contributed by atoms with Crippen LogP contribution < -0.4 is 0 Å². The Hall–Kier alpha value is -1.35. The molecule has 0 unspecified atom stereocenters. The number of benzene rings is 1. The third kappa shape index (κ3) is 3.71. The Kier molecular flexibility index (Phi) is 3.47. The maximum absolute atomic E-state index is 11.6. The lowest BCUT2D eigenvalue weighted by atomic mass is 10.1. The highest BCUT2D eigenvalue weighted by molar-refractivity contribution is 6.71. The molecular formula is C12H16O2Si. The molecule has 2 nitrogen and oxygen atoms in total. The van der Waals surface area contributed by atoms with Gasteiger partial charge in [-0.25, -0.2) is 4.79 Å². The van der Waals surface area contributed by atoms with E-state index in [4.69, 9.17) is 4.43 Å². The SMILES string of the molecule is C=Cc1ccc(C(=O)O[Si](C)(C)C)cc1. The summed E-state index contributed by atoms with van der Waals surface area (Å²) in [4.78, 5) is 11.6. The van der Waals surface area contributed by atoms with E-state index in [1.807, 2.05) is 31.8 Å². The maximum Gasteiger partial charge on any atom is 0.324 e. The molecule has 15 heavy (non-hydrogen) atoms. The molecule has 0 heterocycles. The van der Waals surface area contributed by atoms with E-state index in [1.54, 1.807) is 18.2 Å². The van der Waals surface area contributed by atoms with Crippen LogP contribution in [0.4, 0.5) is 0 Å². The highest BCUT2D eigenvalue weighted by Gasteiger charge is 2.20. The first-order valence-electron chi connectivity index (χ1n) is 4.88. The lowest BCUT2D eigenvalue weighted by Crippen LogP contribution is -2.29. The summed E-state index contributed by atoms with van der Waals surface area (Å²) in [7, 11) is -1.79. The standard InChI is InChI=1S/C12H16O2Si/c1-5-10-6-8-11(9-7-10)12(13)14-15(2,3)4/h5-9H,1H2,2-4H3. The first-order chi connectivity index (χ1) is 6.92. The van der Waals surface area contributed by atoms with Crippen LogP contribution in [-0.4, -0.2) is 14.3 Å². The molecule has 0 saturated carbocycles. The van der Waals surface area contributed by atoms with Crippen LogP contribution in [0.3, 0.4) is 0 Å². The molecule has 1 aromatic carbocycles. The van der Waals surface area contributed by atoms with Crippen molar-refractivity contribution in [2.45, 2.75) is 19.6 Å². The number of rotatable bonds is 3. The molecule has 0 radical (unpaired) electrons. The second-order valence-electron chi connectivity index (χ2n) is 4.33. The quantitative estimate of drug-likeness (QED) is 0.730. The summed E-state index contributed by atoms with van der Waals surface area (Å²) in [5, 5.41) is 0. The summed E-state index contributed by atoms with van der Waals surface area (Å²) in [5.74, 6) is -0.232. The van der Waals surface area contributed by atoms with Crippen molar-refractivity contribution in [2.24, 2.45) is 0 Å². The lowest BCUT2D eigenvalue weighted by molar-refractivity contribution is 0.0724. The lowest BCUT2D eigenvalue weighted by Gasteiger charge is -2.17. The summed E-state index contributed by atoms with van der Waals surface area (Å²) >= 11 is 0. The van der Waals surface area contributed by atoms with Gasteiger partial charge in [0.2, 0.25) is 8.32 Å². The summed E-state index contributed by atoms with van der Waals surface area (Å²) in [5.41, 5.74) is 1.60. The van der Waals surface area contributed by atoms with Crippen LogP contribution in [0.25, 0.3) is 6.08 Å². The normalized spacial score (nSPS) is 10.9. The first-order valence-corrected chi connectivity index (χ1v) is 8.29. The number of hydrogen-bond acceptors (Lipinski definition) is 2. The van der Waals surface area contributed by atoms with Crippen LogP contribution >= 0.6 is 0 Å². The Labute approximate surface area is 91.7 Å². The second-order valence-corrected chi connectivity index (χ2v) is 8.76. The molecule has 0 fully saturated rings. The number of carbonyl (C=O) groups is 1. The van der Waals surface area contributed by atoms with Gasteiger partial charge in [0, 0.05) is 0 Å². The van der Waals surface area contributed by atoms with Gasteiger partial charge in [-0.3, -0.25) is 0 Å². The van der Waals surface area contributed by atoms with Crippen molar-refractivity contribution in [3.63, 3.8) is 0 Å². The van der Waals surface area contributed by atoms with Crippen LogP contribution in [0, 0.1) is 0 Å². The molecule has 0 aliphatic rings. The van der Waals surface area contributed by atoms with Crippen molar-refractivity contribution in [1.29, 1.82) is 0 Å². The zero-order valence-corrected chi connectivity index (χ0v) is 10.4. The highest BCUT2D eigenvalue weighted by atomic mass is 28.4. The Balaban J connectivity index is 2.79. The fourth-order valence-corrected chi connectivity index (χ4v) is 1.77. The van der Waals surface area contributed by atoms with E-state index in [0.717, 1.165) is 5.56 Å². The van der Waals surface area contributed by atoms with E-state index in [9.17, 15) is 4.79 Å². The molecular weight excluding hydrogens is 204 g/mol. The molecule has 80 valence electrons. The fraction of sp³-hybridized carbons (Fsp3) is 0.250. The average Bonchev–Trinajstić information content (AvgIpc) is 2.15. The predicted octanol–water partition coefficient (Wildman–Crippen LogP) is 3.32. The van der Waals surface area contributed by atoms with Crippen LogP contribution in [0.5, 0.6) is 0 Å². The number of carbonyl (C=O) groups excluding carboxylic acids is 1. The van der Waals surface area contributed by atoms with Gasteiger partial charge in [-0.1, -0.05) is 24.8 Å². The Morgan fingerprint density at radius 2 is 1.80 bits per heavy atom. The van der Waals surface area contributed by atoms with Gasteiger partial charge in [0.1, 0.15) is 0 Å². The van der Waals surface area contributed by atoms with Gasteiger partial charge in [-0.15, -0.1) is 0 Å². The summed E-state index contributed by atoms with van der Waals surface area (Å²) in [6.07, 6.45) is 1.74. The van der Waals surface area contributed by atoms with Gasteiger partial charge in [-0.2, -0.15) is 0 Å². The van der Waals surface area contributed by atoms with Crippen LogP contribution in [0.1, 0.15) is 15.9 Å². The molecule has 0 spiro atoms. The van der Waals surface area contributed by atoms with Crippen molar-refractivity contribution in [3.05, 3.63) is 42.0 Å². The molecule has 0 aliphatic heterocycles. The van der Waals surface area contributed by atoms with Gasteiger partial charge < -0.3 is 4.43 Å². The van der Waals surface area contributed by atoms with Crippen molar-refractivity contribution >= 4 is 20.4 Å². The molecule has 1 aromatic rings. The minimum Gasteiger partial charge on any atom is -0.516 e. The second kappa shape index (κ2) is 4.44. The first kappa shape index (κ1) is 11.7. The van der Waals surface area contributed by atoms with E-state index in [1.165, 1.54) is 0 Å². The van der Waals surface area contributed by atoms with E-state index in [-0.39, 0.29) is 5.97 Å². The minimum atomic E-state index is -1.79. The topological polar surface area (TPSA) is 26.3 Å². The van der Waals surface area contributed by atoms with Crippen molar-refractivity contribution in [2.75, 3.05) is 0 Å². The molecule has 3 heteroatoms. The smallest absolute Gasteiger partial charge is 0.324 e. The third-order valence-corrected chi connectivity index (χ3v) is 2.58. The zero-order chi connectivity index (χ0) is 11.5. The largest absolute Gasteiger partial charge is 0.516 e. The maximum atomic E-state index is 11.6. The summed E-state index contributed by atoms with van der Waals surface area (Å²) in [6, 6.07) is 7.24. The minimum absolute atomic E-state index is 0.232. The van der Waals surface area contributed by atoms with E-state index >= 15 is 0 Å². The Morgan fingerprint density at radius 1 is 1.27 bits per heavy atom. The van der Waals surface area contributed by atoms with E-state index in [2.05, 4.69) is 6.58 Å². The van der Waals surface area contributed by atoms with Gasteiger partial charge in [0.25, 0.3) is 0 Å². The van der Waals surface area contributed by atoms with Gasteiger partial charge in [0.05, 0.1) is 5.56 Å². The molecule has 0 aliphatic carbocycles. The van der Waals surface area contributed by atoms with Crippen molar-refractivity contribution in [3.8, 4) is 0 Å². The van der Waals surface area contributed by atoms with Gasteiger partial charge >= 0.3 is 5.97 Å². The molecule has 0 aromatic heterocycles. The molecule has 0 amide bonds. The van der Waals surface area contributed by atoms with Crippen molar-refractivity contribution in [1.82, 2.24) is 0 Å². The van der Waals surface area contributed by atoms with Gasteiger partial charge in [-0.05, 0) is 37.3 Å². The molecule has 0 N–H and O–H groups in total. The molecule has 0 bridgehead atoms. The summed E-state index contributed by atoms with van der Waals surface area (Å²) < 4.78 is 5.37. The Bertz CT molecular complexity index is 360. The fourth-order valence-electron chi connectivity index (χ4n) is 1.09. The van der Waals surface area contributed by atoms with E-state index < -0.39 is 8.32 Å². The highest BCUT2D eigenvalue weighted by Crippen LogP contribution is 2.11. The molecule has 0 atom stereocenters. The number of hydrogen-bond donors (Lipinski definition) is 0. The van der Waals surface area contributed by atoms with Crippen LogP contribution in [0.15, 0.2) is 30.8 Å². The zero-order valence-electron chi connectivity index (χ0n) is 9.41. The molecule has 0 saturated heterocycles. The average molecular weight is 220 g/mol. The summed E-state index contributed by atoms with van der Waals surface area (Å²) in [6.45, 7) is 9.62. The Morgan fingerprint density at radius 3 is 2.20 bits per heavy atom. The predicted molar refractivity (Wildman–Crippen MR) is 65.3 cm³/mol. The van der Waals surface area contributed by atoms with Crippen LogP contribution in [0.2, 0.25) is 19.6 Å². The van der Waals surface area contributed by atoms with Crippen molar-refractivity contribution < 1.29 is 9.22 Å². The third-order valence-electron chi connectivity index (χ3n) is 1.78.